The maximum Gasteiger partial charge on any atom is 0.254 e. The Morgan fingerprint density at radius 3 is 2.33 bits per heavy atom. The smallest absolute Gasteiger partial charge is 0.254 e. The average Bonchev–Trinajstić information content (AvgIpc) is 2.84. The molecular weight excluding hydrogens is 414 g/mol. The second kappa shape index (κ2) is 11.8. The van der Waals surface area contributed by atoms with Crippen LogP contribution in [-0.4, -0.2) is 62.0 Å². The molecule has 0 unspecified atom stereocenters. The van der Waals surface area contributed by atoms with Crippen LogP contribution in [0.5, 0.6) is 5.75 Å². The van der Waals surface area contributed by atoms with E-state index in [1.165, 1.54) is 0 Å². The molecule has 6 heteroatoms. The number of likely N-dealkylation sites (N-methyl/N-ethyl adjacent to an activating group) is 1. The summed E-state index contributed by atoms with van der Waals surface area (Å²) >= 11 is 0. The van der Waals surface area contributed by atoms with Gasteiger partial charge in [-0.3, -0.25) is 9.59 Å². The monoisotopic (exact) mass is 451 g/mol. The molecule has 2 aromatic rings. The summed E-state index contributed by atoms with van der Waals surface area (Å²) in [4.78, 5) is 30.8. The number of rotatable bonds is 11. The fourth-order valence-electron chi connectivity index (χ4n) is 4.77. The second-order valence-electron chi connectivity index (χ2n) is 8.69. The quantitative estimate of drug-likeness (QED) is 0.519. The zero-order valence-electron chi connectivity index (χ0n) is 20.3. The van der Waals surface area contributed by atoms with Gasteiger partial charge in [0.25, 0.3) is 5.91 Å². The van der Waals surface area contributed by atoms with E-state index in [1.54, 1.807) is 19.1 Å². The van der Waals surface area contributed by atoms with E-state index in [4.69, 9.17) is 4.74 Å². The van der Waals surface area contributed by atoms with Gasteiger partial charge in [0, 0.05) is 19.2 Å². The Bertz CT molecular complexity index is 922. The number of ether oxygens (including phenoxy) is 1. The zero-order valence-corrected chi connectivity index (χ0v) is 20.3. The molecule has 2 aromatic carbocycles. The average molecular weight is 452 g/mol. The minimum atomic E-state index is -0.473. The standard InChI is InChI=1S/C27H37N3O3/c1-5-17-30(18-6-2)19-9-16-28-26(31)24-22-10-7-8-11-23(22)27(32)29(3)25(24)20-12-14-21(33-4)15-13-20/h7-8,10-15,24-25H,5-6,9,16-19H2,1-4H3,(H,28,31)/t24-,25-/m1/s1. The maximum absolute atomic E-state index is 13.5. The number of amides is 2. The van der Waals surface area contributed by atoms with Crippen LogP contribution in [0, 0.1) is 0 Å². The van der Waals surface area contributed by atoms with E-state index in [9.17, 15) is 9.59 Å². The van der Waals surface area contributed by atoms with E-state index in [-0.39, 0.29) is 17.9 Å². The van der Waals surface area contributed by atoms with Gasteiger partial charge in [-0.25, -0.2) is 0 Å². The summed E-state index contributed by atoms with van der Waals surface area (Å²) in [5.41, 5.74) is 2.30. The molecule has 0 aromatic heterocycles. The van der Waals surface area contributed by atoms with Crippen molar-refractivity contribution < 1.29 is 14.3 Å². The lowest BCUT2D eigenvalue weighted by atomic mass is 9.79. The van der Waals surface area contributed by atoms with E-state index >= 15 is 0 Å². The van der Waals surface area contributed by atoms with E-state index in [0.29, 0.717) is 12.1 Å². The number of benzene rings is 2. The van der Waals surface area contributed by atoms with Crippen LogP contribution < -0.4 is 10.1 Å². The van der Waals surface area contributed by atoms with Gasteiger partial charge in [0.1, 0.15) is 5.75 Å². The SMILES string of the molecule is CCCN(CCC)CCCNC(=O)[C@@H]1c2ccccc2C(=O)N(C)[C@@H]1c1ccc(OC)cc1. The van der Waals surface area contributed by atoms with Crippen molar-refractivity contribution in [2.45, 2.75) is 45.1 Å². The third-order valence-corrected chi connectivity index (χ3v) is 6.35. The van der Waals surface area contributed by atoms with Crippen molar-refractivity contribution in [1.82, 2.24) is 15.1 Å². The van der Waals surface area contributed by atoms with Crippen LogP contribution in [0.1, 0.15) is 66.6 Å². The Balaban J connectivity index is 1.81. The zero-order chi connectivity index (χ0) is 23.8. The minimum Gasteiger partial charge on any atom is -0.497 e. The highest BCUT2D eigenvalue weighted by Gasteiger charge is 2.42. The van der Waals surface area contributed by atoms with Crippen LogP contribution in [0.15, 0.2) is 48.5 Å². The lowest BCUT2D eigenvalue weighted by Crippen LogP contribution is -2.46. The highest BCUT2D eigenvalue weighted by atomic mass is 16.5. The first-order chi connectivity index (χ1) is 16.0. The topological polar surface area (TPSA) is 61.9 Å². The molecule has 1 N–H and O–H groups in total. The lowest BCUT2D eigenvalue weighted by molar-refractivity contribution is -0.124. The molecule has 0 saturated carbocycles. The number of carbonyl (C=O) groups is 2. The molecule has 1 aliphatic heterocycles. The molecule has 0 fully saturated rings. The van der Waals surface area contributed by atoms with Gasteiger partial charge in [0.15, 0.2) is 0 Å². The predicted octanol–water partition coefficient (Wildman–Crippen LogP) is 4.23. The van der Waals surface area contributed by atoms with Crippen LogP contribution in [0.3, 0.4) is 0 Å². The molecule has 1 aliphatic rings. The summed E-state index contributed by atoms with van der Waals surface area (Å²) in [5, 5.41) is 3.16. The molecule has 0 spiro atoms. The van der Waals surface area contributed by atoms with Crippen LogP contribution in [-0.2, 0) is 4.79 Å². The first kappa shape index (κ1) is 24.8. The van der Waals surface area contributed by atoms with Crippen molar-refractivity contribution in [1.29, 1.82) is 0 Å². The Kier molecular flexibility index (Phi) is 8.89. The molecule has 178 valence electrons. The molecule has 0 radical (unpaired) electrons. The Morgan fingerprint density at radius 2 is 1.70 bits per heavy atom. The van der Waals surface area contributed by atoms with Crippen LogP contribution >= 0.6 is 0 Å². The molecule has 0 bridgehead atoms. The number of hydrogen-bond acceptors (Lipinski definition) is 4. The van der Waals surface area contributed by atoms with Crippen LogP contribution in [0.4, 0.5) is 0 Å². The van der Waals surface area contributed by atoms with Crippen LogP contribution in [0.25, 0.3) is 0 Å². The van der Waals surface area contributed by atoms with Crippen molar-refractivity contribution in [3.63, 3.8) is 0 Å². The van der Waals surface area contributed by atoms with Gasteiger partial charge in [-0.2, -0.15) is 0 Å². The number of methoxy groups -OCH3 is 1. The molecule has 0 aliphatic carbocycles. The van der Waals surface area contributed by atoms with E-state index in [0.717, 1.165) is 55.8 Å². The Morgan fingerprint density at radius 1 is 1.03 bits per heavy atom. The van der Waals surface area contributed by atoms with Gasteiger partial charge in [-0.15, -0.1) is 0 Å². The first-order valence-electron chi connectivity index (χ1n) is 12.0. The van der Waals surface area contributed by atoms with Crippen molar-refractivity contribution in [2.24, 2.45) is 0 Å². The summed E-state index contributed by atoms with van der Waals surface area (Å²) in [6.07, 6.45) is 3.17. The lowest BCUT2D eigenvalue weighted by Gasteiger charge is -2.39. The second-order valence-corrected chi connectivity index (χ2v) is 8.69. The normalized spacial score (nSPS) is 17.7. The predicted molar refractivity (Wildman–Crippen MR) is 132 cm³/mol. The molecule has 2 amide bonds. The third kappa shape index (κ3) is 5.74. The maximum atomic E-state index is 13.5. The van der Waals surface area contributed by atoms with Gasteiger partial charge >= 0.3 is 0 Å². The first-order valence-corrected chi connectivity index (χ1v) is 12.0. The fraction of sp³-hybridized carbons (Fsp3) is 0.481. The largest absolute Gasteiger partial charge is 0.497 e. The van der Waals surface area contributed by atoms with Gasteiger partial charge in [0.05, 0.1) is 19.1 Å². The number of hydrogen-bond donors (Lipinski definition) is 1. The summed E-state index contributed by atoms with van der Waals surface area (Å²) in [6.45, 7) is 8.16. The van der Waals surface area contributed by atoms with E-state index in [2.05, 4.69) is 24.1 Å². The summed E-state index contributed by atoms with van der Waals surface area (Å²) < 4.78 is 5.29. The Labute approximate surface area is 197 Å². The number of carbonyl (C=O) groups excluding carboxylic acids is 2. The van der Waals surface area contributed by atoms with Crippen molar-refractivity contribution in [2.75, 3.05) is 40.3 Å². The highest BCUT2D eigenvalue weighted by molar-refractivity contribution is 6.01. The fourth-order valence-corrected chi connectivity index (χ4v) is 4.77. The van der Waals surface area contributed by atoms with Gasteiger partial charge < -0.3 is 19.9 Å². The number of nitrogens with zero attached hydrogens (tertiary/aromatic N) is 2. The number of nitrogens with one attached hydrogen (secondary N) is 1. The van der Waals surface area contributed by atoms with Crippen LogP contribution in [0.2, 0.25) is 0 Å². The van der Waals surface area contributed by atoms with Crippen molar-refractivity contribution >= 4 is 11.8 Å². The van der Waals surface area contributed by atoms with Gasteiger partial charge in [-0.1, -0.05) is 44.2 Å². The van der Waals surface area contributed by atoms with Crippen molar-refractivity contribution in [3.8, 4) is 5.75 Å². The Hall–Kier alpha value is -2.86. The molecule has 33 heavy (non-hydrogen) atoms. The third-order valence-electron chi connectivity index (χ3n) is 6.35. The summed E-state index contributed by atoms with van der Waals surface area (Å²) in [6, 6.07) is 14.7. The van der Waals surface area contributed by atoms with Gasteiger partial charge in [0.2, 0.25) is 5.91 Å². The summed E-state index contributed by atoms with van der Waals surface area (Å²) in [7, 11) is 3.40. The van der Waals surface area contributed by atoms with Crippen molar-refractivity contribution in [3.05, 3.63) is 65.2 Å². The van der Waals surface area contributed by atoms with E-state index < -0.39 is 5.92 Å². The molecule has 2 atom stereocenters. The molecule has 6 nitrogen and oxygen atoms in total. The molecular formula is C27H37N3O3. The molecule has 0 saturated heterocycles. The van der Waals surface area contributed by atoms with Gasteiger partial charge in [-0.05, 0) is 68.2 Å². The highest BCUT2D eigenvalue weighted by Crippen LogP contribution is 2.42. The number of fused-ring (bicyclic) bond motifs is 1. The minimum absolute atomic E-state index is 0.0415. The molecule has 3 rings (SSSR count). The summed E-state index contributed by atoms with van der Waals surface area (Å²) in [5.74, 6) is 0.165. The van der Waals surface area contributed by atoms with E-state index in [1.807, 2.05) is 48.5 Å². The molecule has 1 heterocycles.